The number of aryl methyl sites for hydroxylation is 1. The number of amides is 1. The van der Waals surface area contributed by atoms with E-state index in [-0.39, 0.29) is 29.8 Å². The van der Waals surface area contributed by atoms with E-state index in [0.717, 1.165) is 30.5 Å². The number of sulfone groups is 1. The van der Waals surface area contributed by atoms with Crippen molar-refractivity contribution in [2.45, 2.75) is 32.1 Å². The molecule has 6 heteroatoms. The van der Waals surface area contributed by atoms with Crippen molar-refractivity contribution >= 4 is 21.4 Å². The summed E-state index contributed by atoms with van der Waals surface area (Å²) in [5.74, 6) is 0.820. The molecule has 1 atom stereocenters. The second-order valence-corrected chi connectivity index (χ2v) is 8.38. The maximum Gasteiger partial charge on any atom is 0.224 e. The standard InChI is InChI=1S/C16H21NO4S/c1-21-14-6-5-12-3-2-4-13(12)16(14)17-15(18)9-11-7-8-22(19,20)10-11/h5-6,11H,2-4,7-10H2,1H3,(H,17,18). The molecule has 22 heavy (non-hydrogen) atoms. The number of carbonyl (C=O) groups excluding carboxylic acids is 1. The van der Waals surface area contributed by atoms with Gasteiger partial charge in [-0.05, 0) is 48.8 Å². The summed E-state index contributed by atoms with van der Waals surface area (Å²) in [6.45, 7) is 0. The van der Waals surface area contributed by atoms with Crippen LogP contribution in [-0.4, -0.2) is 32.9 Å². The Bertz CT molecular complexity index is 696. The summed E-state index contributed by atoms with van der Waals surface area (Å²) in [7, 11) is -1.35. The quantitative estimate of drug-likeness (QED) is 0.919. The molecule has 1 aromatic rings. The van der Waals surface area contributed by atoms with E-state index in [4.69, 9.17) is 4.74 Å². The third-order valence-electron chi connectivity index (χ3n) is 4.53. The topological polar surface area (TPSA) is 72.5 Å². The Hall–Kier alpha value is -1.56. The van der Waals surface area contributed by atoms with E-state index in [1.807, 2.05) is 6.07 Å². The molecule has 1 amide bonds. The van der Waals surface area contributed by atoms with Crippen molar-refractivity contribution < 1.29 is 17.9 Å². The number of rotatable bonds is 4. The molecule has 2 aliphatic rings. The van der Waals surface area contributed by atoms with Crippen LogP contribution in [0.2, 0.25) is 0 Å². The summed E-state index contributed by atoms with van der Waals surface area (Å²) in [5, 5.41) is 2.96. The third kappa shape index (κ3) is 3.11. The molecule has 1 aliphatic heterocycles. The lowest BCUT2D eigenvalue weighted by Gasteiger charge is -2.16. The van der Waals surface area contributed by atoms with Crippen LogP contribution in [0.15, 0.2) is 12.1 Å². The van der Waals surface area contributed by atoms with E-state index in [2.05, 4.69) is 11.4 Å². The van der Waals surface area contributed by atoms with Gasteiger partial charge in [-0.2, -0.15) is 0 Å². The lowest BCUT2D eigenvalue weighted by Crippen LogP contribution is -2.18. The zero-order valence-corrected chi connectivity index (χ0v) is 13.5. The summed E-state index contributed by atoms with van der Waals surface area (Å²) < 4.78 is 28.3. The summed E-state index contributed by atoms with van der Waals surface area (Å²) in [6.07, 6.45) is 3.90. The van der Waals surface area contributed by atoms with Gasteiger partial charge in [0.05, 0.1) is 24.3 Å². The molecule has 1 aromatic carbocycles. The molecule has 5 nitrogen and oxygen atoms in total. The number of carbonyl (C=O) groups is 1. The lowest BCUT2D eigenvalue weighted by molar-refractivity contribution is -0.116. The van der Waals surface area contributed by atoms with E-state index < -0.39 is 9.84 Å². The zero-order chi connectivity index (χ0) is 15.7. The van der Waals surface area contributed by atoms with Crippen LogP contribution < -0.4 is 10.1 Å². The second-order valence-electron chi connectivity index (χ2n) is 6.16. The predicted octanol–water partition coefficient (Wildman–Crippen LogP) is 1.95. The average molecular weight is 323 g/mol. The van der Waals surface area contributed by atoms with E-state index >= 15 is 0 Å². The third-order valence-corrected chi connectivity index (χ3v) is 6.37. The van der Waals surface area contributed by atoms with Gasteiger partial charge in [0.1, 0.15) is 5.75 Å². The van der Waals surface area contributed by atoms with Crippen LogP contribution in [0.3, 0.4) is 0 Å². The van der Waals surface area contributed by atoms with Gasteiger partial charge in [-0.15, -0.1) is 0 Å². The summed E-state index contributed by atoms with van der Waals surface area (Å²) in [5.41, 5.74) is 3.19. The highest BCUT2D eigenvalue weighted by molar-refractivity contribution is 7.91. The smallest absolute Gasteiger partial charge is 0.224 e. The van der Waals surface area contributed by atoms with Gasteiger partial charge in [0.2, 0.25) is 5.91 Å². The van der Waals surface area contributed by atoms with Crippen molar-refractivity contribution in [3.05, 3.63) is 23.3 Å². The summed E-state index contributed by atoms with van der Waals surface area (Å²) >= 11 is 0. The van der Waals surface area contributed by atoms with Gasteiger partial charge in [0.15, 0.2) is 9.84 Å². The number of hydrogen-bond acceptors (Lipinski definition) is 4. The Kier molecular flexibility index (Phi) is 4.12. The van der Waals surface area contributed by atoms with Crippen molar-refractivity contribution in [2.24, 2.45) is 5.92 Å². The van der Waals surface area contributed by atoms with Crippen molar-refractivity contribution in [1.29, 1.82) is 0 Å². The van der Waals surface area contributed by atoms with Crippen LogP contribution in [0.25, 0.3) is 0 Å². The molecule has 0 saturated carbocycles. The molecule has 1 aliphatic carbocycles. The SMILES string of the molecule is COc1ccc2c(c1NC(=O)CC1CCS(=O)(=O)C1)CCC2. The van der Waals surface area contributed by atoms with E-state index in [1.165, 1.54) is 5.56 Å². The van der Waals surface area contributed by atoms with Crippen LogP contribution >= 0.6 is 0 Å². The molecule has 0 spiro atoms. The van der Waals surface area contributed by atoms with Crippen molar-refractivity contribution in [3.8, 4) is 5.75 Å². The minimum absolute atomic E-state index is 0.0623. The first-order valence-corrected chi connectivity index (χ1v) is 9.49. The minimum Gasteiger partial charge on any atom is -0.495 e. The molecule has 1 unspecified atom stereocenters. The van der Waals surface area contributed by atoms with Crippen molar-refractivity contribution in [1.82, 2.24) is 0 Å². The number of nitrogens with one attached hydrogen (secondary N) is 1. The van der Waals surface area contributed by atoms with Crippen molar-refractivity contribution in [2.75, 3.05) is 23.9 Å². The molecular weight excluding hydrogens is 302 g/mol. The molecule has 0 radical (unpaired) electrons. The Morgan fingerprint density at radius 3 is 2.86 bits per heavy atom. The van der Waals surface area contributed by atoms with Gasteiger partial charge in [-0.3, -0.25) is 4.79 Å². The fraction of sp³-hybridized carbons (Fsp3) is 0.562. The molecule has 1 saturated heterocycles. The first-order chi connectivity index (χ1) is 10.5. The van der Waals surface area contributed by atoms with Crippen LogP contribution in [0, 0.1) is 5.92 Å². The van der Waals surface area contributed by atoms with Gasteiger partial charge in [0.25, 0.3) is 0 Å². The Balaban J connectivity index is 1.73. The average Bonchev–Trinajstić information content (AvgIpc) is 3.05. The van der Waals surface area contributed by atoms with E-state index in [1.54, 1.807) is 7.11 Å². The number of methoxy groups -OCH3 is 1. The largest absolute Gasteiger partial charge is 0.495 e. The molecule has 1 N–H and O–H groups in total. The minimum atomic E-state index is -2.94. The number of ether oxygens (including phenoxy) is 1. The summed E-state index contributed by atoms with van der Waals surface area (Å²) in [4.78, 5) is 12.3. The molecule has 1 fully saturated rings. The van der Waals surface area contributed by atoms with Crippen molar-refractivity contribution in [3.63, 3.8) is 0 Å². The lowest BCUT2D eigenvalue weighted by atomic mass is 10.0. The molecular formula is C16H21NO4S. The van der Waals surface area contributed by atoms with Gasteiger partial charge in [-0.1, -0.05) is 6.07 Å². The Labute approximate surface area is 131 Å². The number of hydrogen-bond donors (Lipinski definition) is 1. The highest BCUT2D eigenvalue weighted by Gasteiger charge is 2.30. The molecule has 1 heterocycles. The molecule has 0 aromatic heterocycles. The number of benzene rings is 1. The summed E-state index contributed by atoms with van der Waals surface area (Å²) in [6, 6.07) is 3.94. The Morgan fingerprint density at radius 2 is 2.18 bits per heavy atom. The highest BCUT2D eigenvalue weighted by atomic mass is 32.2. The zero-order valence-electron chi connectivity index (χ0n) is 12.7. The number of fused-ring (bicyclic) bond motifs is 1. The number of anilines is 1. The van der Waals surface area contributed by atoms with Gasteiger partial charge < -0.3 is 10.1 Å². The van der Waals surface area contributed by atoms with E-state index in [9.17, 15) is 13.2 Å². The van der Waals surface area contributed by atoms with Gasteiger partial charge >= 0.3 is 0 Å². The maximum absolute atomic E-state index is 12.3. The van der Waals surface area contributed by atoms with Crippen LogP contribution in [0.5, 0.6) is 5.75 Å². The Morgan fingerprint density at radius 1 is 1.36 bits per heavy atom. The highest BCUT2D eigenvalue weighted by Crippen LogP contribution is 2.36. The van der Waals surface area contributed by atoms with Crippen LogP contribution in [0.4, 0.5) is 5.69 Å². The fourth-order valence-electron chi connectivity index (χ4n) is 3.44. The first kappa shape index (κ1) is 15.3. The van der Waals surface area contributed by atoms with E-state index in [0.29, 0.717) is 12.2 Å². The molecule has 3 rings (SSSR count). The second kappa shape index (κ2) is 5.91. The fourth-order valence-corrected chi connectivity index (χ4v) is 5.30. The van der Waals surface area contributed by atoms with Crippen LogP contribution in [-0.2, 0) is 27.5 Å². The maximum atomic E-state index is 12.3. The normalized spacial score (nSPS) is 22.3. The van der Waals surface area contributed by atoms with Crippen LogP contribution in [0.1, 0.15) is 30.4 Å². The van der Waals surface area contributed by atoms with Gasteiger partial charge in [-0.25, -0.2) is 8.42 Å². The molecule has 120 valence electrons. The molecule has 0 bridgehead atoms. The monoisotopic (exact) mass is 323 g/mol. The first-order valence-electron chi connectivity index (χ1n) is 7.67. The van der Waals surface area contributed by atoms with Gasteiger partial charge in [0, 0.05) is 6.42 Å². The predicted molar refractivity (Wildman–Crippen MR) is 85.0 cm³/mol.